The van der Waals surface area contributed by atoms with Crippen LogP contribution in [0.15, 0.2) is 18.3 Å². The lowest BCUT2D eigenvalue weighted by Crippen LogP contribution is -2.53. The number of aromatic nitrogens is 1. The molecule has 1 amide bonds. The molecule has 1 aromatic heterocycles. The minimum Gasteiger partial charge on any atom is -0.396 e. The molecule has 110 valence electrons. The molecule has 1 saturated heterocycles. The first kappa shape index (κ1) is 14.7. The Labute approximate surface area is 119 Å². The topological polar surface area (TPSA) is 68.7 Å². The van der Waals surface area contributed by atoms with Gasteiger partial charge in [-0.3, -0.25) is 9.69 Å². The number of likely N-dealkylation sites (N-methyl/N-ethyl adjacent to an activating group) is 1. The molecular formula is C14H22N4O2. The van der Waals surface area contributed by atoms with Crippen molar-refractivity contribution in [3.05, 3.63) is 23.9 Å². The standard InChI is InChI=1S/C14H22N4O2/c1-15-13-12(4-3-6-16-13)14(20)18-8-7-17(2)11(10-18)5-9-19/h3-4,6,11,19H,5,7-10H2,1-2H3,(H,15,16). The Morgan fingerprint density at radius 1 is 1.55 bits per heavy atom. The molecule has 1 aliphatic rings. The van der Waals surface area contributed by atoms with Crippen molar-refractivity contribution in [3.8, 4) is 0 Å². The Bertz CT molecular complexity index is 466. The van der Waals surface area contributed by atoms with Crippen molar-refractivity contribution in [1.82, 2.24) is 14.8 Å². The highest BCUT2D eigenvalue weighted by atomic mass is 16.3. The smallest absolute Gasteiger partial charge is 0.257 e. The molecule has 1 atom stereocenters. The molecule has 2 heterocycles. The van der Waals surface area contributed by atoms with E-state index in [2.05, 4.69) is 15.2 Å². The van der Waals surface area contributed by atoms with Gasteiger partial charge in [0, 0.05) is 45.5 Å². The van der Waals surface area contributed by atoms with Crippen molar-refractivity contribution in [2.45, 2.75) is 12.5 Å². The Balaban J connectivity index is 2.13. The number of rotatable bonds is 4. The number of hydrogen-bond acceptors (Lipinski definition) is 5. The zero-order valence-electron chi connectivity index (χ0n) is 12.0. The highest BCUT2D eigenvalue weighted by Crippen LogP contribution is 2.17. The molecular weight excluding hydrogens is 256 g/mol. The summed E-state index contributed by atoms with van der Waals surface area (Å²) in [6.45, 7) is 2.32. The lowest BCUT2D eigenvalue weighted by atomic mass is 10.1. The van der Waals surface area contributed by atoms with Gasteiger partial charge in [0.1, 0.15) is 5.82 Å². The summed E-state index contributed by atoms with van der Waals surface area (Å²) in [6, 6.07) is 3.78. The average Bonchev–Trinajstić information content (AvgIpc) is 2.49. The van der Waals surface area contributed by atoms with E-state index in [9.17, 15) is 4.79 Å². The second kappa shape index (κ2) is 6.67. The third-order valence-corrected chi connectivity index (χ3v) is 3.80. The van der Waals surface area contributed by atoms with Crippen LogP contribution in [0.1, 0.15) is 16.8 Å². The maximum Gasteiger partial charge on any atom is 0.257 e. The van der Waals surface area contributed by atoms with Gasteiger partial charge in [-0.05, 0) is 25.6 Å². The van der Waals surface area contributed by atoms with Crippen LogP contribution >= 0.6 is 0 Å². The average molecular weight is 278 g/mol. The second-order valence-corrected chi connectivity index (χ2v) is 5.05. The molecule has 0 bridgehead atoms. The molecule has 0 spiro atoms. The molecule has 2 rings (SSSR count). The van der Waals surface area contributed by atoms with E-state index in [0.29, 0.717) is 30.9 Å². The second-order valence-electron chi connectivity index (χ2n) is 5.05. The van der Waals surface area contributed by atoms with Gasteiger partial charge in [0.15, 0.2) is 0 Å². The first-order valence-corrected chi connectivity index (χ1v) is 6.90. The Hall–Kier alpha value is -1.66. The summed E-state index contributed by atoms with van der Waals surface area (Å²) in [5.74, 6) is 0.605. The highest BCUT2D eigenvalue weighted by Gasteiger charge is 2.28. The van der Waals surface area contributed by atoms with Gasteiger partial charge in [-0.25, -0.2) is 4.98 Å². The molecule has 1 aromatic rings. The Kier molecular flexibility index (Phi) is 4.92. The van der Waals surface area contributed by atoms with E-state index in [4.69, 9.17) is 5.11 Å². The quantitative estimate of drug-likeness (QED) is 0.827. The number of carbonyl (C=O) groups excluding carboxylic acids is 1. The van der Waals surface area contributed by atoms with E-state index in [0.717, 1.165) is 6.54 Å². The normalized spacial score (nSPS) is 19.9. The summed E-state index contributed by atoms with van der Waals surface area (Å²) in [5.41, 5.74) is 0.599. The van der Waals surface area contributed by atoms with Crippen molar-refractivity contribution < 1.29 is 9.90 Å². The fourth-order valence-electron chi connectivity index (χ4n) is 2.54. The Morgan fingerprint density at radius 2 is 2.35 bits per heavy atom. The van der Waals surface area contributed by atoms with Crippen LogP contribution in [0.3, 0.4) is 0 Å². The predicted molar refractivity (Wildman–Crippen MR) is 77.8 cm³/mol. The number of amides is 1. The molecule has 1 fully saturated rings. The van der Waals surface area contributed by atoms with Gasteiger partial charge in [-0.1, -0.05) is 0 Å². The number of nitrogens with zero attached hydrogens (tertiary/aromatic N) is 3. The van der Waals surface area contributed by atoms with Gasteiger partial charge in [-0.2, -0.15) is 0 Å². The maximum absolute atomic E-state index is 12.6. The van der Waals surface area contributed by atoms with E-state index < -0.39 is 0 Å². The third-order valence-electron chi connectivity index (χ3n) is 3.80. The first-order chi connectivity index (χ1) is 9.67. The van der Waals surface area contributed by atoms with Crippen LogP contribution in [0.5, 0.6) is 0 Å². The highest BCUT2D eigenvalue weighted by molar-refractivity contribution is 5.98. The molecule has 20 heavy (non-hydrogen) atoms. The summed E-state index contributed by atoms with van der Waals surface area (Å²) in [6.07, 6.45) is 2.35. The molecule has 0 aromatic carbocycles. The number of aliphatic hydroxyl groups excluding tert-OH is 1. The van der Waals surface area contributed by atoms with Gasteiger partial charge in [0.2, 0.25) is 0 Å². The third kappa shape index (κ3) is 3.08. The van der Waals surface area contributed by atoms with Crippen molar-refractivity contribution in [3.63, 3.8) is 0 Å². The SMILES string of the molecule is CNc1ncccc1C(=O)N1CCN(C)C(CCO)C1. The summed E-state index contributed by atoms with van der Waals surface area (Å²) >= 11 is 0. The number of anilines is 1. The molecule has 1 aliphatic heterocycles. The van der Waals surface area contributed by atoms with Crippen LogP contribution < -0.4 is 5.32 Å². The number of pyridine rings is 1. The van der Waals surface area contributed by atoms with Gasteiger partial charge in [0.25, 0.3) is 5.91 Å². The van der Waals surface area contributed by atoms with Crippen molar-refractivity contribution >= 4 is 11.7 Å². The zero-order chi connectivity index (χ0) is 14.5. The predicted octanol–water partition coefficient (Wildman–Crippen LogP) is 0.262. The minimum absolute atomic E-state index is 0.00140. The number of carbonyl (C=O) groups is 1. The van der Waals surface area contributed by atoms with E-state index in [1.54, 1.807) is 25.4 Å². The van der Waals surface area contributed by atoms with Gasteiger partial charge < -0.3 is 15.3 Å². The zero-order valence-corrected chi connectivity index (χ0v) is 12.0. The van der Waals surface area contributed by atoms with E-state index >= 15 is 0 Å². The van der Waals surface area contributed by atoms with Crippen molar-refractivity contribution in [2.75, 3.05) is 45.7 Å². The van der Waals surface area contributed by atoms with Crippen LogP contribution in [-0.2, 0) is 0 Å². The summed E-state index contributed by atoms with van der Waals surface area (Å²) in [4.78, 5) is 20.8. The van der Waals surface area contributed by atoms with E-state index in [-0.39, 0.29) is 18.6 Å². The number of aliphatic hydroxyl groups is 1. The van der Waals surface area contributed by atoms with Crippen LogP contribution in [0.25, 0.3) is 0 Å². The first-order valence-electron chi connectivity index (χ1n) is 6.90. The van der Waals surface area contributed by atoms with Crippen LogP contribution in [-0.4, -0.2) is 72.2 Å². The summed E-state index contributed by atoms with van der Waals surface area (Å²) in [5, 5.41) is 12.1. The largest absolute Gasteiger partial charge is 0.396 e. The Morgan fingerprint density at radius 3 is 3.05 bits per heavy atom. The molecule has 0 aliphatic carbocycles. The van der Waals surface area contributed by atoms with E-state index in [1.807, 2.05) is 11.9 Å². The molecule has 0 saturated carbocycles. The van der Waals surface area contributed by atoms with Crippen LogP contribution in [0, 0.1) is 0 Å². The summed E-state index contributed by atoms with van der Waals surface area (Å²) < 4.78 is 0. The number of nitrogens with one attached hydrogen (secondary N) is 1. The van der Waals surface area contributed by atoms with Crippen LogP contribution in [0.4, 0.5) is 5.82 Å². The number of hydrogen-bond donors (Lipinski definition) is 2. The fraction of sp³-hybridized carbons (Fsp3) is 0.571. The molecule has 6 nitrogen and oxygen atoms in total. The lowest BCUT2D eigenvalue weighted by molar-refractivity contribution is 0.0501. The molecule has 6 heteroatoms. The maximum atomic E-state index is 12.6. The monoisotopic (exact) mass is 278 g/mol. The minimum atomic E-state index is -0.00140. The van der Waals surface area contributed by atoms with Crippen molar-refractivity contribution in [1.29, 1.82) is 0 Å². The molecule has 0 radical (unpaired) electrons. The molecule has 1 unspecified atom stereocenters. The van der Waals surface area contributed by atoms with Gasteiger partial charge >= 0.3 is 0 Å². The number of piperazine rings is 1. The van der Waals surface area contributed by atoms with Gasteiger partial charge in [0.05, 0.1) is 5.56 Å². The van der Waals surface area contributed by atoms with Crippen LogP contribution in [0.2, 0.25) is 0 Å². The van der Waals surface area contributed by atoms with E-state index in [1.165, 1.54) is 0 Å². The lowest BCUT2D eigenvalue weighted by Gasteiger charge is -2.39. The summed E-state index contributed by atoms with van der Waals surface area (Å²) in [7, 11) is 3.79. The van der Waals surface area contributed by atoms with Crippen molar-refractivity contribution in [2.24, 2.45) is 0 Å². The fourth-order valence-corrected chi connectivity index (χ4v) is 2.54. The molecule has 2 N–H and O–H groups in total. The van der Waals surface area contributed by atoms with Gasteiger partial charge in [-0.15, -0.1) is 0 Å².